The predicted molar refractivity (Wildman–Crippen MR) is 184 cm³/mol. The van der Waals surface area contributed by atoms with E-state index in [0.29, 0.717) is 10.4 Å². The molecule has 0 spiro atoms. The van der Waals surface area contributed by atoms with Crippen molar-refractivity contribution < 1.29 is 25.8 Å². The Bertz CT molecular complexity index is 2470. The van der Waals surface area contributed by atoms with Gasteiger partial charge in [-0.2, -0.15) is 21.6 Å². The van der Waals surface area contributed by atoms with Crippen LogP contribution in [0.5, 0.6) is 5.75 Å². The first-order valence-electron chi connectivity index (χ1n) is 14.6. The van der Waals surface area contributed by atoms with E-state index < -0.39 is 21.4 Å². The van der Waals surface area contributed by atoms with Crippen molar-refractivity contribution in [3.63, 3.8) is 0 Å². The fourth-order valence-corrected chi connectivity index (χ4v) is 7.85. The third-order valence-corrected chi connectivity index (χ3v) is 10.2. The smallest absolute Gasteiger partial charge is 0.376 e. The molecule has 0 unspecified atom stereocenters. The van der Waals surface area contributed by atoms with Gasteiger partial charge in [0.2, 0.25) is 0 Å². The maximum absolute atomic E-state index is 13.5. The van der Waals surface area contributed by atoms with Crippen molar-refractivity contribution in [1.82, 2.24) is 4.57 Å². The van der Waals surface area contributed by atoms with Crippen molar-refractivity contribution in [2.75, 3.05) is 4.90 Å². The Morgan fingerprint density at radius 3 is 1.74 bits per heavy atom. The Labute approximate surface area is 271 Å². The van der Waals surface area contributed by atoms with Gasteiger partial charge in [0.15, 0.2) is 0 Å². The fraction of sp³-hybridized carbons (Fsp3) is 0.0270. The molecule has 0 radical (unpaired) electrons. The molecule has 2 heterocycles. The summed E-state index contributed by atoms with van der Waals surface area (Å²) in [5.74, 6) is -0.438. The highest BCUT2D eigenvalue weighted by Crippen LogP contribution is 2.49. The van der Waals surface area contributed by atoms with Crippen LogP contribution in [-0.2, 0) is 10.1 Å². The molecule has 0 saturated heterocycles. The molecule has 0 atom stereocenters. The van der Waals surface area contributed by atoms with E-state index in [2.05, 4.69) is 28.8 Å². The third kappa shape index (κ3) is 4.79. The van der Waals surface area contributed by atoms with Gasteiger partial charge in [0.1, 0.15) is 5.75 Å². The zero-order chi connectivity index (χ0) is 32.3. The van der Waals surface area contributed by atoms with Crippen molar-refractivity contribution >= 4 is 80.5 Å². The highest BCUT2D eigenvalue weighted by atomic mass is 32.2. The van der Waals surface area contributed by atoms with Gasteiger partial charge in [-0.3, -0.25) is 0 Å². The minimum Gasteiger partial charge on any atom is -0.376 e. The molecule has 2 aromatic heterocycles. The highest BCUT2D eigenvalue weighted by Gasteiger charge is 2.48. The number of fused-ring (bicyclic) bond motifs is 6. The molecule has 0 bridgehead atoms. The average molecular weight is 665 g/mol. The Hall–Kier alpha value is -5.32. The van der Waals surface area contributed by atoms with Crippen LogP contribution in [0.1, 0.15) is 0 Å². The van der Waals surface area contributed by atoms with E-state index in [1.807, 2.05) is 108 Å². The van der Waals surface area contributed by atoms with Crippen LogP contribution < -0.4 is 9.08 Å². The van der Waals surface area contributed by atoms with Crippen LogP contribution in [0.4, 0.5) is 30.2 Å². The summed E-state index contributed by atoms with van der Waals surface area (Å²) in [7, 11) is -5.93. The normalized spacial score (nSPS) is 12.3. The lowest BCUT2D eigenvalue weighted by molar-refractivity contribution is -0.0500. The molecule has 10 heteroatoms. The molecule has 0 aliphatic rings. The molecule has 0 fully saturated rings. The summed E-state index contributed by atoms with van der Waals surface area (Å²) in [6.45, 7) is 0. The van der Waals surface area contributed by atoms with Gasteiger partial charge in [-0.15, -0.1) is 11.3 Å². The van der Waals surface area contributed by atoms with Crippen LogP contribution in [0.3, 0.4) is 0 Å². The Morgan fingerprint density at radius 1 is 0.617 bits per heavy atom. The van der Waals surface area contributed by atoms with Crippen LogP contribution in [0.15, 0.2) is 140 Å². The first-order valence-corrected chi connectivity index (χ1v) is 16.8. The monoisotopic (exact) mass is 664 g/mol. The Balaban J connectivity index is 1.51. The second kappa shape index (κ2) is 10.9. The first-order chi connectivity index (χ1) is 22.7. The number of hydrogen-bond acceptors (Lipinski definition) is 5. The summed E-state index contributed by atoms with van der Waals surface area (Å²) in [6, 6.07) is 43.8. The number of hydrogen-bond donors (Lipinski definition) is 0. The van der Waals surface area contributed by atoms with E-state index in [1.165, 1.54) is 23.5 Å². The van der Waals surface area contributed by atoms with Gasteiger partial charge in [-0.05, 0) is 54.6 Å². The molecule has 0 aliphatic heterocycles. The Kier molecular flexibility index (Phi) is 6.75. The average Bonchev–Trinajstić information content (AvgIpc) is 3.61. The third-order valence-electron chi connectivity index (χ3n) is 8.11. The van der Waals surface area contributed by atoms with Crippen LogP contribution in [0.2, 0.25) is 0 Å². The van der Waals surface area contributed by atoms with Crippen molar-refractivity contribution in [1.29, 1.82) is 0 Å². The summed E-state index contributed by atoms with van der Waals surface area (Å²) < 4.78 is 73.5. The molecule has 8 rings (SSSR count). The molecule has 8 aromatic rings. The maximum Gasteiger partial charge on any atom is 0.534 e. The quantitative estimate of drug-likeness (QED) is 0.131. The summed E-state index contributed by atoms with van der Waals surface area (Å²) in [4.78, 5) is 1.91. The minimum atomic E-state index is -5.93. The zero-order valence-corrected chi connectivity index (χ0v) is 26.0. The molecule has 47 heavy (non-hydrogen) atoms. The van der Waals surface area contributed by atoms with Crippen LogP contribution in [-0.4, -0.2) is 18.5 Å². The standard InChI is InChI=1S/C37H23F3N2O3S2/c38-37(39,40)47(43,44)45-26-22-32(41(24-12-3-1-4-13-24)25-14-5-2-6-15-25)36-34(23-26)46-33-21-11-20-31(35(33)36)42-29-18-9-7-16-27(29)28-17-8-10-19-30(28)42/h1-23H. The summed E-state index contributed by atoms with van der Waals surface area (Å²) in [5.41, 5.74) is -0.793. The molecule has 0 saturated carbocycles. The van der Waals surface area contributed by atoms with Gasteiger partial charge in [0, 0.05) is 48.4 Å². The minimum absolute atomic E-state index is 0.438. The Morgan fingerprint density at radius 2 is 1.17 bits per heavy atom. The maximum atomic E-state index is 13.5. The molecule has 0 amide bonds. The molecule has 5 nitrogen and oxygen atoms in total. The molecular weight excluding hydrogens is 642 g/mol. The van der Waals surface area contributed by atoms with Crippen molar-refractivity contribution in [2.24, 2.45) is 0 Å². The first kappa shape index (κ1) is 29.1. The van der Waals surface area contributed by atoms with Gasteiger partial charge in [-0.1, -0.05) is 78.9 Å². The number of rotatable bonds is 6. The molecule has 0 aliphatic carbocycles. The van der Waals surface area contributed by atoms with Crippen molar-refractivity contribution in [3.05, 3.63) is 140 Å². The number of thiophene rings is 1. The number of nitrogens with zero attached hydrogens (tertiary/aromatic N) is 2. The van der Waals surface area contributed by atoms with E-state index in [9.17, 15) is 21.6 Å². The van der Waals surface area contributed by atoms with E-state index >= 15 is 0 Å². The van der Waals surface area contributed by atoms with Crippen LogP contribution in [0.25, 0.3) is 47.7 Å². The van der Waals surface area contributed by atoms with Gasteiger partial charge in [0.25, 0.3) is 0 Å². The lowest BCUT2D eigenvalue weighted by atomic mass is 10.1. The molecule has 6 aromatic carbocycles. The zero-order valence-electron chi connectivity index (χ0n) is 24.3. The topological polar surface area (TPSA) is 51.5 Å². The predicted octanol–water partition coefficient (Wildman–Crippen LogP) is 10.8. The van der Waals surface area contributed by atoms with Gasteiger partial charge in [0.05, 0.1) is 22.4 Å². The summed E-state index contributed by atoms with van der Waals surface area (Å²) >= 11 is 1.36. The largest absolute Gasteiger partial charge is 0.534 e. The fourth-order valence-electron chi connectivity index (χ4n) is 6.23. The number of para-hydroxylation sites is 4. The van der Waals surface area contributed by atoms with Crippen LogP contribution in [0, 0.1) is 0 Å². The van der Waals surface area contributed by atoms with E-state index in [1.54, 1.807) is 0 Å². The number of anilines is 3. The molecular formula is C37H23F3N2O3S2. The second-order valence-electron chi connectivity index (χ2n) is 10.9. The van der Waals surface area contributed by atoms with Crippen molar-refractivity contribution in [3.8, 4) is 11.4 Å². The van der Waals surface area contributed by atoms with Gasteiger partial charge in [-0.25, -0.2) is 0 Å². The number of aromatic nitrogens is 1. The molecule has 0 N–H and O–H groups in total. The van der Waals surface area contributed by atoms with E-state index in [4.69, 9.17) is 4.18 Å². The SMILES string of the molecule is O=S(=O)(Oc1cc(N(c2ccccc2)c2ccccc2)c2c(c1)sc1cccc(-n3c4ccccc4c4ccccc43)c12)C(F)(F)F. The van der Waals surface area contributed by atoms with E-state index in [-0.39, 0.29) is 0 Å². The number of alkyl halides is 3. The van der Waals surface area contributed by atoms with Gasteiger partial charge >= 0.3 is 15.6 Å². The molecule has 232 valence electrons. The summed E-state index contributed by atoms with van der Waals surface area (Å²) in [6.07, 6.45) is 0. The van der Waals surface area contributed by atoms with E-state index in [0.717, 1.165) is 54.3 Å². The van der Waals surface area contributed by atoms with Gasteiger partial charge < -0.3 is 13.7 Å². The van der Waals surface area contributed by atoms with Crippen LogP contribution >= 0.6 is 11.3 Å². The second-order valence-corrected chi connectivity index (χ2v) is 13.5. The lowest BCUT2D eigenvalue weighted by Gasteiger charge is -2.27. The number of halogens is 3. The lowest BCUT2D eigenvalue weighted by Crippen LogP contribution is -2.28. The highest BCUT2D eigenvalue weighted by molar-refractivity contribution is 7.88. The number of benzene rings is 6. The van der Waals surface area contributed by atoms with Crippen molar-refractivity contribution in [2.45, 2.75) is 5.51 Å². The summed E-state index contributed by atoms with van der Waals surface area (Å²) in [5, 5.41) is 3.79.